The van der Waals surface area contributed by atoms with Crippen molar-refractivity contribution in [3.05, 3.63) is 18.5 Å². The molecule has 0 bridgehead atoms. The largest absolute Gasteiger partial charge is 0.231 e. The average Bonchev–Trinajstić information content (AvgIpc) is 1.90. The summed E-state index contributed by atoms with van der Waals surface area (Å²) in [6.45, 7) is 0. The molecule has 0 saturated carbocycles. The van der Waals surface area contributed by atoms with E-state index in [1.807, 2.05) is 6.26 Å². The van der Waals surface area contributed by atoms with Crippen molar-refractivity contribution < 1.29 is 22.4 Å². The van der Waals surface area contributed by atoms with Crippen molar-refractivity contribution in [2.75, 3.05) is 6.26 Å². The average molecular weight is 234 g/mol. The number of hydrogen-bond acceptors (Lipinski definition) is 3. The molecule has 0 spiro atoms. The first kappa shape index (κ1) is 9.17. The van der Waals surface area contributed by atoms with Gasteiger partial charge in [0.15, 0.2) is 5.16 Å². The van der Waals surface area contributed by atoms with Crippen LogP contribution >= 0.6 is 11.8 Å². The Bertz CT molecular complexity index is 156. The Morgan fingerprint density at radius 2 is 1.89 bits per heavy atom. The van der Waals surface area contributed by atoms with Crippen molar-refractivity contribution in [1.82, 2.24) is 9.97 Å². The Morgan fingerprint density at radius 3 is 2.22 bits per heavy atom. The van der Waals surface area contributed by atoms with Crippen molar-refractivity contribution in [2.45, 2.75) is 5.16 Å². The van der Waals surface area contributed by atoms with Crippen LogP contribution in [0, 0.1) is 0 Å². The Kier molecular flexibility index (Phi) is 5.09. The third-order valence-electron chi connectivity index (χ3n) is 0.725. The molecule has 0 unspecified atom stereocenters. The van der Waals surface area contributed by atoms with E-state index >= 15 is 0 Å². The number of aromatic nitrogens is 2. The zero-order valence-electron chi connectivity index (χ0n) is 4.84. The van der Waals surface area contributed by atoms with Crippen LogP contribution in [0.25, 0.3) is 0 Å². The van der Waals surface area contributed by atoms with E-state index in [2.05, 4.69) is 9.97 Å². The quantitative estimate of drug-likeness (QED) is 0.414. The second-order valence-corrected chi connectivity index (χ2v) is 2.01. The third kappa shape index (κ3) is 3.01. The molecular weight excluding hydrogens is 228 g/mol. The van der Waals surface area contributed by atoms with Crippen LogP contribution in [-0.2, 0) is 22.4 Å². The van der Waals surface area contributed by atoms with Gasteiger partial charge < -0.3 is 0 Å². The van der Waals surface area contributed by atoms with Gasteiger partial charge in [0.25, 0.3) is 0 Å². The van der Waals surface area contributed by atoms with Gasteiger partial charge in [-0.3, -0.25) is 0 Å². The zero-order valence-corrected chi connectivity index (χ0v) is 7.13. The molecule has 9 heavy (non-hydrogen) atoms. The minimum absolute atomic E-state index is 0. The van der Waals surface area contributed by atoms with E-state index in [1.54, 1.807) is 30.2 Å². The van der Waals surface area contributed by atoms with Crippen molar-refractivity contribution in [3.8, 4) is 0 Å². The summed E-state index contributed by atoms with van der Waals surface area (Å²) in [6, 6.07) is 1.81. The first-order valence-corrected chi connectivity index (χ1v) is 3.47. The summed E-state index contributed by atoms with van der Waals surface area (Å²) >= 11 is 1.55. The SMILES string of the molecule is CSc1ncccn1.[Ag]. The Balaban J connectivity index is 0.000000640. The molecule has 1 heterocycles. The van der Waals surface area contributed by atoms with Crippen LogP contribution < -0.4 is 0 Å². The minimum Gasteiger partial charge on any atom is -0.231 e. The van der Waals surface area contributed by atoms with Gasteiger partial charge in [-0.15, -0.1) is 0 Å². The number of nitrogens with zero attached hydrogens (tertiary/aromatic N) is 2. The fourth-order valence-corrected chi connectivity index (χ4v) is 0.723. The molecule has 1 aromatic heterocycles. The summed E-state index contributed by atoms with van der Waals surface area (Å²) in [5.74, 6) is 0. The van der Waals surface area contributed by atoms with Crippen molar-refractivity contribution in [1.29, 1.82) is 0 Å². The van der Waals surface area contributed by atoms with E-state index in [1.165, 1.54) is 0 Å². The van der Waals surface area contributed by atoms with Gasteiger partial charge in [-0.05, 0) is 12.3 Å². The molecule has 0 aliphatic carbocycles. The predicted molar refractivity (Wildman–Crippen MR) is 33.8 cm³/mol. The molecule has 1 rings (SSSR count). The maximum absolute atomic E-state index is 3.95. The first-order valence-electron chi connectivity index (χ1n) is 2.24. The van der Waals surface area contributed by atoms with Gasteiger partial charge in [-0.1, -0.05) is 11.8 Å². The van der Waals surface area contributed by atoms with E-state index < -0.39 is 0 Å². The van der Waals surface area contributed by atoms with E-state index in [0.717, 1.165) is 5.16 Å². The second-order valence-electron chi connectivity index (χ2n) is 1.24. The van der Waals surface area contributed by atoms with Gasteiger partial charge in [0.2, 0.25) is 0 Å². The van der Waals surface area contributed by atoms with E-state index in [4.69, 9.17) is 0 Å². The van der Waals surface area contributed by atoms with Gasteiger partial charge in [-0.25, -0.2) is 9.97 Å². The molecule has 0 fully saturated rings. The molecule has 1 aromatic rings. The molecule has 2 nitrogen and oxygen atoms in total. The van der Waals surface area contributed by atoms with Gasteiger partial charge in [0.1, 0.15) is 0 Å². The van der Waals surface area contributed by atoms with Crippen LogP contribution in [0.1, 0.15) is 0 Å². The molecule has 0 amide bonds. The number of rotatable bonds is 1. The molecule has 4 heteroatoms. The zero-order chi connectivity index (χ0) is 5.82. The fraction of sp³-hybridized carbons (Fsp3) is 0.200. The van der Waals surface area contributed by atoms with Crippen molar-refractivity contribution in [3.63, 3.8) is 0 Å². The van der Waals surface area contributed by atoms with Crippen LogP contribution in [-0.4, -0.2) is 16.2 Å². The van der Waals surface area contributed by atoms with E-state index in [9.17, 15) is 0 Å². The van der Waals surface area contributed by atoms with Crippen molar-refractivity contribution >= 4 is 11.8 Å². The van der Waals surface area contributed by atoms with Gasteiger partial charge in [0.05, 0.1) is 0 Å². The molecule has 0 saturated heterocycles. The summed E-state index contributed by atoms with van der Waals surface area (Å²) in [5, 5.41) is 0.826. The monoisotopic (exact) mass is 233 g/mol. The minimum atomic E-state index is 0. The van der Waals surface area contributed by atoms with Crippen LogP contribution in [0.4, 0.5) is 0 Å². The molecular formula is C5H6AgN2S. The van der Waals surface area contributed by atoms with E-state index in [0.29, 0.717) is 0 Å². The molecule has 0 aromatic carbocycles. The predicted octanol–water partition coefficient (Wildman–Crippen LogP) is 1.20. The molecule has 0 aliphatic rings. The normalized spacial score (nSPS) is 8.11. The standard InChI is InChI=1S/C5H6N2S.Ag/c1-8-5-6-3-2-4-7-5;/h2-4H,1H3;. The van der Waals surface area contributed by atoms with Crippen molar-refractivity contribution in [2.24, 2.45) is 0 Å². The summed E-state index contributed by atoms with van der Waals surface area (Å²) in [5.41, 5.74) is 0. The van der Waals surface area contributed by atoms with Gasteiger partial charge in [-0.2, -0.15) is 0 Å². The molecule has 53 valence electrons. The molecule has 0 N–H and O–H groups in total. The smallest absolute Gasteiger partial charge is 0.187 e. The topological polar surface area (TPSA) is 25.8 Å². The Hall–Kier alpha value is 0.170. The molecule has 0 aliphatic heterocycles. The Morgan fingerprint density at radius 1 is 1.33 bits per heavy atom. The molecule has 0 atom stereocenters. The Labute approximate surface area is 74.0 Å². The van der Waals surface area contributed by atoms with Gasteiger partial charge >= 0.3 is 0 Å². The van der Waals surface area contributed by atoms with Crippen LogP contribution in [0.2, 0.25) is 0 Å². The summed E-state index contributed by atoms with van der Waals surface area (Å²) in [7, 11) is 0. The molecule has 1 radical (unpaired) electrons. The fourth-order valence-electron chi connectivity index (χ4n) is 0.391. The van der Waals surface area contributed by atoms with Crippen LogP contribution in [0.3, 0.4) is 0 Å². The maximum Gasteiger partial charge on any atom is 0.187 e. The maximum atomic E-state index is 3.95. The van der Waals surface area contributed by atoms with E-state index in [-0.39, 0.29) is 22.4 Å². The van der Waals surface area contributed by atoms with Crippen LogP contribution in [0.15, 0.2) is 23.6 Å². The number of hydrogen-bond donors (Lipinski definition) is 0. The summed E-state index contributed by atoms with van der Waals surface area (Å²) in [6.07, 6.45) is 5.42. The first-order chi connectivity index (χ1) is 3.93. The third-order valence-corrected chi connectivity index (χ3v) is 1.30. The second kappa shape index (κ2) is 5.00. The summed E-state index contributed by atoms with van der Waals surface area (Å²) < 4.78 is 0. The summed E-state index contributed by atoms with van der Waals surface area (Å²) in [4.78, 5) is 7.90. The van der Waals surface area contributed by atoms with Gasteiger partial charge in [0, 0.05) is 34.8 Å². The van der Waals surface area contributed by atoms with Crippen LogP contribution in [0.5, 0.6) is 0 Å². The number of thioether (sulfide) groups is 1.